The highest BCUT2D eigenvalue weighted by Crippen LogP contribution is 2.28. The van der Waals surface area contributed by atoms with E-state index in [2.05, 4.69) is 4.74 Å². The molecule has 0 saturated heterocycles. The second kappa shape index (κ2) is 9.41. The molecule has 2 rings (SSSR count). The molecule has 2 aromatic carbocycles. The predicted molar refractivity (Wildman–Crippen MR) is 101 cm³/mol. The Balaban J connectivity index is 2.46. The van der Waals surface area contributed by atoms with Gasteiger partial charge >= 0.3 is 5.97 Å². The van der Waals surface area contributed by atoms with Crippen LogP contribution in [0.4, 0.5) is 0 Å². The minimum absolute atomic E-state index is 0.0396. The zero-order valence-electron chi connectivity index (χ0n) is 15.7. The van der Waals surface area contributed by atoms with Gasteiger partial charge in [-0.1, -0.05) is 19.4 Å². The number of hydrogen-bond donors (Lipinski definition) is 0. The maximum atomic E-state index is 13.1. The summed E-state index contributed by atoms with van der Waals surface area (Å²) in [6, 6.07) is 10.9. The molecule has 0 aliphatic rings. The molecule has 0 fully saturated rings. The van der Waals surface area contributed by atoms with E-state index < -0.39 is 15.8 Å². The van der Waals surface area contributed by atoms with Gasteiger partial charge < -0.3 is 14.2 Å². The number of hydrogen-bond acceptors (Lipinski definition) is 6. The molecule has 0 unspecified atom stereocenters. The summed E-state index contributed by atoms with van der Waals surface area (Å²) >= 11 is 0. The molecule has 0 saturated carbocycles. The summed E-state index contributed by atoms with van der Waals surface area (Å²) in [5, 5.41) is 0. The van der Waals surface area contributed by atoms with Gasteiger partial charge in [-0.05, 0) is 48.4 Å². The van der Waals surface area contributed by atoms with Crippen LogP contribution in [0.25, 0.3) is 0 Å². The number of carbonyl (C=O) groups is 1. The van der Waals surface area contributed by atoms with Crippen molar-refractivity contribution < 1.29 is 27.4 Å². The largest absolute Gasteiger partial charge is 0.497 e. The molecular formula is C20H24O6S. The summed E-state index contributed by atoms with van der Waals surface area (Å²) in [5.74, 6) is 0.401. The van der Waals surface area contributed by atoms with Crippen LogP contribution >= 0.6 is 0 Å². The van der Waals surface area contributed by atoms with Crippen molar-refractivity contribution in [2.45, 2.75) is 36.0 Å². The van der Waals surface area contributed by atoms with E-state index in [4.69, 9.17) is 9.47 Å². The first-order chi connectivity index (χ1) is 12.9. The van der Waals surface area contributed by atoms with Gasteiger partial charge in [0.1, 0.15) is 11.5 Å². The monoisotopic (exact) mass is 392 g/mol. The highest BCUT2D eigenvalue weighted by atomic mass is 32.2. The Kier molecular flexibility index (Phi) is 7.24. The average Bonchev–Trinajstić information content (AvgIpc) is 2.68. The lowest BCUT2D eigenvalue weighted by atomic mass is 10.1. The summed E-state index contributed by atoms with van der Waals surface area (Å²) in [4.78, 5) is 11.8. The molecule has 2 aromatic rings. The summed E-state index contributed by atoms with van der Waals surface area (Å²) in [6.45, 7) is 2.51. The van der Waals surface area contributed by atoms with E-state index in [1.807, 2.05) is 6.92 Å². The Labute approximate surface area is 160 Å². The van der Waals surface area contributed by atoms with E-state index in [-0.39, 0.29) is 16.2 Å². The number of rotatable bonds is 9. The number of ether oxygens (including phenoxy) is 3. The van der Waals surface area contributed by atoms with Crippen LogP contribution in [0.15, 0.2) is 52.3 Å². The Hall–Kier alpha value is -2.54. The molecule has 7 heteroatoms. The van der Waals surface area contributed by atoms with Crippen molar-refractivity contribution >= 4 is 15.8 Å². The number of carbonyl (C=O) groups excluding carboxylic acids is 1. The predicted octanol–water partition coefficient (Wildman–Crippen LogP) is 3.42. The lowest BCUT2D eigenvalue weighted by Gasteiger charge is -2.12. The van der Waals surface area contributed by atoms with Gasteiger partial charge in [-0.3, -0.25) is 4.79 Å². The van der Waals surface area contributed by atoms with E-state index in [0.29, 0.717) is 23.7 Å². The van der Waals surface area contributed by atoms with E-state index in [9.17, 15) is 13.2 Å². The van der Waals surface area contributed by atoms with E-state index in [1.54, 1.807) is 18.2 Å². The quantitative estimate of drug-likeness (QED) is 0.481. The van der Waals surface area contributed by atoms with Crippen molar-refractivity contribution in [1.82, 2.24) is 0 Å². The Morgan fingerprint density at radius 2 is 1.74 bits per heavy atom. The fourth-order valence-electron chi connectivity index (χ4n) is 2.45. The molecule has 146 valence electrons. The molecule has 27 heavy (non-hydrogen) atoms. The standard InChI is InChI=1S/C20H24O6S/c1-4-5-9-26-17-10-15(12-20(21)25-3)11-19(14-17)27(22,23)18-8-6-7-16(13-18)24-2/h6-8,10-11,13-14H,4-5,9,12H2,1-3H3. The molecule has 0 aliphatic heterocycles. The van der Waals surface area contributed by atoms with Gasteiger partial charge in [0.2, 0.25) is 9.84 Å². The van der Waals surface area contributed by atoms with Gasteiger partial charge in [0.25, 0.3) is 0 Å². The zero-order valence-corrected chi connectivity index (χ0v) is 16.5. The van der Waals surface area contributed by atoms with Gasteiger partial charge in [-0.2, -0.15) is 0 Å². The number of sulfone groups is 1. The number of benzene rings is 2. The van der Waals surface area contributed by atoms with Crippen LogP contribution in [0.3, 0.4) is 0 Å². The molecule has 0 atom stereocenters. The normalized spacial score (nSPS) is 11.1. The smallest absolute Gasteiger partial charge is 0.309 e. The number of esters is 1. The molecule has 0 spiro atoms. The fourth-order valence-corrected chi connectivity index (χ4v) is 3.83. The third-order valence-corrected chi connectivity index (χ3v) is 5.68. The molecule has 0 aromatic heterocycles. The fraction of sp³-hybridized carbons (Fsp3) is 0.350. The van der Waals surface area contributed by atoms with Gasteiger partial charge in [0.15, 0.2) is 0 Å². The molecule has 0 amide bonds. The van der Waals surface area contributed by atoms with Crippen molar-refractivity contribution in [2.24, 2.45) is 0 Å². The molecule has 0 radical (unpaired) electrons. The number of unbranched alkanes of at least 4 members (excludes halogenated alkanes) is 1. The molecule has 6 nitrogen and oxygen atoms in total. The van der Waals surface area contributed by atoms with Crippen molar-refractivity contribution in [1.29, 1.82) is 0 Å². The first-order valence-corrected chi connectivity index (χ1v) is 10.1. The van der Waals surface area contributed by atoms with Crippen LogP contribution in [-0.4, -0.2) is 35.2 Å². The van der Waals surface area contributed by atoms with Gasteiger partial charge in [0.05, 0.1) is 37.0 Å². The summed E-state index contributed by atoms with van der Waals surface area (Å²) in [7, 11) is -1.04. The lowest BCUT2D eigenvalue weighted by Crippen LogP contribution is -2.08. The SMILES string of the molecule is CCCCOc1cc(CC(=O)OC)cc(S(=O)(=O)c2cccc(OC)c2)c1. The first-order valence-electron chi connectivity index (χ1n) is 8.63. The third-order valence-electron chi connectivity index (χ3n) is 3.94. The molecule has 0 bridgehead atoms. The van der Waals surface area contributed by atoms with Gasteiger partial charge in [0, 0.05) is 0 Å². The van der Waals surface area contributed by atoms with Crippen molar-refractivity contribution in [2.75, 3.05) is 20.8 Å². The Bertz CT molecular complexity index is 889. The molecule has 0 aliphatic carbocycles. The zero-order chi connectivity index (χ0) is 19.9. The van der Waals surface area contributed by atoms with E-state index in [1.165, 1.54) is 38.5 Å². The lowest BCUT2D eigenvalue weighted by molar-refractivity contribution is -0.139. The second-order valence-electron chi connectivity index (χ2n) is 5.95. The first kappa shape index (κ1) is 20.8. The van der Waals surface area contributed by atoms with Crippen LogP contribution in [0.1, 0.15) is 25.3 Å². The van der Waals surface area contributed by atoms with Crippen molar-refractivity contribution in [3.8, 4) is 11.5 Å². The highest BCUT2D eigenvalue weighted by Gasteiger charge is 2.21. The Morgan fingerprint density at radius 3 is 2.41 bits per heavy atom. The molecule has 0 heterocycles. The summed E-state index contributed by atoms with van der Waals surface area (Å²) in [6.07, 6.45) is 1.76. The van der Waals surface area contributed by atoms with Crippen LogP contribution in [0.5, 0.6) is 11.5 Å². The minimum Gasteiger partial charge on any atom is -0.497 e. The molecule has 0 N–H and O–H groups in total. The topological polar surface area (TPSA) is 78.9 Å². The van der Waals surface area contributed by atoms with Gasteiger partial charge in [-0.25, -0.2) is 8.42 Å². The Morgan fingerprint density at radius 1 is 1.00 bits per heavy atom. The van der Waals surface area contributed by atoms with E-state index >= 15 is 0 Å². The van der Waals surface area contributed by atoms with Crippen LogP contribution in [-0.2, 0) is 25.8 Å². The minimum atomic E-state index is -3.80. The maximum Gasteiger partial charge on any atom is 0.309 e. The number of methoxy groups -OCH3 is 2. The van der Waals surface area contributed by atoms with Crippen LogP contribution < -0.4 is 9.47 Å². The van der Waals surface area contributed by atoms with Crippen LogP contribution in [0, 0.1) is 0 Å². The highest BCUT2D eigenvalue weighted by molar-refractivity contribution is 7.91. The van der Waals surface area contributed by atoms with Crippen molar-refractivity contribution in [3.05, 3.63) is 48.0 Å². The maximum absolute atomic E-state index is 13.1. The van der Waals surface area contributed by atoms with E-state index in [0.717, 1.165) is 12.8 Å². The third kappa shape index (κ3) is 5.47. The van der Waals surface area contributed by atoms with Gasteiger partial charge in [-0.15, -0.1) is 0 Å². The summed E-state index contributed by atoms with van der Waals surface area (Å²) < 4.78 is 41.6. The average molecular weight is 392 g/mol. The summed E-state index contributed by atoms with van der Waals surface area (Å²) in [5.41, 5.74) is 0.511. The van der Waals surface area contributed by atoms with Crippen LogP contribution in [0.2, 0.25) is 0 Å². The second-order valence-corrected chi connectivity index (χ2v) is 7.90. The molecular weight excluding hydrogens is 368 g/mol. The van der Waals surface area contributed by atoms with Crippen molar-refractivity contribution in [3.63, 3.8) is 0 Å².